The van der Waals surface area contributed by atoms with Crippen LogP contribution in [0.5, 0.6) is 17.2 Å². The molecule has 1 aromatic carbocycles. The monoisotopic (exact) mass is 299 g/mol. The Morgan fingerprint density at radius 1 is 1.00 bits per heavy atom. The summed E-state index contributed by atoms with van der Waals surface area (Å²) in [6.07, 6.45) is 1.75. The summed E-state index contributed by atoms with van der Waals surface area (Å²) >= 11 is 0. The molecule has 0 aliphatic heterocycles. The molecule has 6 heteroatoms. The van der Waals surface area contributed by atoms with Crippen LogP contribution >= 0.6 is 0 Å². The lowest BCUT2D eigenvalue weighted by molar-refractivity contribution is 0.324. The molecule has 0 amide bonds. The molecule has 114 valence electrons. The van der Waals surface area contributed by atoms with E-state index in [-0.39, 0.29) is 0 Å². The Morgan fingerprint density at radius 3 is 2.23 bits per heavy atom. The number of aromatic amines is 1. The van der Waals surface area contributed by atoms with Crippen molar-refractivity contribution in [1.82, 2.24) is 15.0 Å². The zero-order chi connectivity index (χ0) is 15.7. The van der Waals surface area contributed by atoms with Crippen molar-refractivity contribution in [2.24, 2.45) is 0 Å². The van der Waals surface area contributed by atoms with Crippen LogP contribution in [0.25, 0.3) is 22.6 Å². The minimum Gasteiger partial charge on any atom is -0.493 e. The maximum absolute atomic E-state index is 5.38. The van der Waals surface area contributed by atoms with E-state index in [9.17, 15) is 0 Å². The topological polar surface area (TPSA) is 69.3 Å². The van der Waals surface area contributed by atoms with Crippen LogP contribution in [-0.2, 0) is 0 Å². The van der Waals surface area contributed by atoms with E-state index in [1.54, 1.807) is 27.5 Å². The highest BCUT2D eigenvalue weighted by atomic mass is 16.5. The van der Waals surface area contributed by atoms with Crippen LogP contribution in [0, 0.1) is 6.92 Å². The molecule has 0 unspecified atom stereocenters. The third kappa shape index (κ3) is 2.22. The number of methoxy groups -OCH3 is 3. The predicted octanol–water partition coefficient (Wildman–Crippen LogP) is 2.96. The number of pyridine rings is 1. The van der Waals surface area contributed by atoms with Gasteiger partial charge in [-0.25, -0.2) is 9.97 Å². The largest absolute Gasteiger partial charge is 0.493 e. The van der Waals surface area contributed by atoms with E-state index < -0.39 is 0 Å². The van der Waals surface area contributed by atoms with E-state index in [0.29, 0.717) is 28.7 Å². The number of H-pyrrole nitrogens is 1. The van der Waals surface area contributed by atoms with Crippen LogP contribution in [0.3, 0.4) is 0 Å². The van der Waals surface area contributed by atoms with Crippen LogP contribution in [0.1, 0.15) is 5.56 Å². The van der Waals surface area contributed by atoms with E-state index in [1.807, 2.05) is 25.1 Å². The first-order chi connectivity index (χ1) is 10.7. The highest BCUT2D eigenvalue weighted by Gasteiger charge is 2.16. The number of fused-ring (bicyclic) bond motifs is 1. The van der Waals surface area contributed by atoms with Gasteiger partial charge in [0.05, 0.1) is 26.8 Å². The summed E-state index contributed by atoms with van der Waals surface area (Å²) in [5.74, 6) is 2.43. The van der Waals surface area contributed by atoms with Crippen molar-refractivity contribution in [2.75, 3.05) is 21.3 Å². The van der Waals surface area contributed by atoms with E-state index in [1.165, 1.54) is 0 Å². The first-order valence-electron chi connectivity index (χ1n) is 6.79. The van der Waals surface area contributed by atoms with Crippen molar-refractivity contribution >= 4 is 11.2 Å². The molecule has 6 nitrogen and oxygen atoms in total. The first kappa shape index (κ1) is 14.2. The Bertz CT molecular complexity index is 802. The first-order valence-corrected chi connectivity index (χ1v) is 6.79. The van der Waals surface area contributed by atoms with Gasteiger partial charge in [-0.3, -0.25) is 0 Å². The quantitative estimate of drug-likeness (QED) is 0.802. The highest BCUT2D eigenvalue weighted by molar-refractivity contribution is 5.79. The molecule has 0 aliphatic carbocycles. The molecule has 0 fully saturated rings. The average Bonchev–Trinajstić information content (AvgIpc) is 2.99. The molecule has 3 rings (SSSR count). The summed E-state index contributed by atoms with van der Waals surface area (Å²) in [5, 5.41) is 0. The summed E-state index contributed by atoms with van der Waals surface area (Å²) in [6.45, 7) is 2.02. The standard InChI is InChI=1S/C16H17N3O3/c1-9-5-6-17-16-13(9)18-15(19-16)10-7-11(20-2)14(22-4)12(8-10)21-3/h5-8H,1-4H3,(H,17,18,19). The second-order valence-corrected chi connectivity index (χ2v) is 4.83. The second-order valence-electron chi connectivity index (χ2n) is 4.83. The minimum absolute atomic E-state index is 0.555. The molecule has 0 atom stereocenters. The van der Waals surface area contributed by atoms with Gasteiger partial charge in [0.2, 0.25) is 5.75 Å². The van der Waals surface area contributed by atoms with Crippen LogP contribution in [0.4, 0.5) is 0 Å². The number of rotatable bonds is 4. The molecule has 22 heavy (non-hydrogen) atoms. The molecule has 0 saturated heterocycles. The lowest BCUT2D eigenvalue weighted by Crippen LogP contribution is -1.96. The van der Waals surface area contributed by atoms with Crippen molar-refractivity contribution in [3.05, 3.63) is 30.0 Å². The fourth-order valence-corrected chi connectivity index (χ4v) is 2.39. The number of aromatic nitrogens is 3. The summed E-state index contributed by atoms with van der Waals surface area (Å²) in [7, 11) is 4.76. The van der Waals surface area contributed by atoms with Gasteiger partial charge in [-0.15, -0.1) is 0 Å². The number of nitrogens with zero attached hydrogens (tertiary/aromatic N) is 2. The molecule has 2 aromatic heterocycles. The Kier molecular flexibility index (Phi) is 3.58. The lowest BCUT2D eigenvalue weighted by atomic mass is 10.1. The van der Waals surface area contributed by atoms with Crippen molar-refractivity contribution in [1.29, 1.82) is 0 Å². The number of imidazole rings is 1. The van der Waals surface area contributed by atoms with Gasteiger partial charge in [0.25, 0.3) is 0 Å². The molecule has 1 N–H and O–H groups in total. The van der Waals surface area contributed by atoms with Gasteiger partial charge in [0, 0.05) is 11.8 Å². The van der Waals surface area contributed by atoms with Crippen molar-refractivity contribution < 1.29 is 14.2 Å². The average molecular weight is 299 g/mol. The van der Waals surface area contributed by atoms with E-state index >= 15 is 0 Å². The molecule has 0 spiro atoms. The lowest BCUT2D eigenvalue weighted by Gasteiger charge is -2.13. The smallest absolute Gasteiger partial charge is 0.203 e. The number of aryl methyl sites for hydroxylation is 1. The normalized spacial score (nSPS) is 10.7. The minimum atomic E-state index is 0.555. The number of hydrogen-bond donors (Lipinski definition) is 1. The van der Waals surface area contributed by atoms with E-state index in [2.05, 4.69) is 15.0 Å². The molecule has 0 aliphatic rings. The maximum atomic E-state index is 5.38. The van der Waals surface area contributed by atoms with Gasteiger partial charge >= 0.3 is 0 Å². The third-order valence-corrected chi connectivity index (χ3v) is 3.54. The van der Waals surface area contributed by atoms with Crippen molar-refractivity contribution in [2.45, 2.75) is 6.92 Å². The van der Waals surface area contributed by atoms with E-state index in [0.717, 1.165) is 16.6 Å². The van der Waals surface area contributed by atoms with E-state index in [4.69, 9.17) is 14.2 Å². The second kappa shape index (κ2) is 5.55. The Balaban J connectivity index is 2.19. The van der Waals surface area contributed by atoms with Gasteiger partial charge < -0.3 is 19.2 Å². The predicted molar refractivity (Wildman–Crippen MR) is 83.7 cm³/mol. The summed E-state index contributed by atoms with van der Waals surface area (Å²) < 4.78 is 16.1. The summed E-state index contributed by atoms with van der Waals surface area (Å²) in [4.78, 5) is 12.1. The van der Waals surface area contributed by atoms with Crippen molar-refractivity contribution in [3.8, 4) is 28.6 Å². The van der Waals surface area contributed by atoms with Gasteiger partial charge in [-0.2, -0.15) is 0 Å². The zero-order valence-electron chi connectivity index (χ0n) is 12.9. The fourth-order valence-electron chi connectivity index (χ4n) is 2.39. The Labute approximate surface area is 128 Å². The summed E-state index contributed by atoms with van der Waals surface area (Å²) in [6, 6.07) is 5.66. The van der Waals surface area contributed by atoms with Gasteiger partial charge in [-0.05, 0) is 30.7 Å². The SMILES string of the molecule is COc1cc(-c2nc3nccc(C)c3[nH]2)cc(OC)c1OC. The van der Waals surface area contributed by atoms with Crippen LogP contribution in [0.2, 0.25) is 0 Å². The number of benzene rings is 1. The zero-order valence-corrected chi connectivity index (χ0v) is 12.9. The molecular weight excluding hydrogens is 282 g/mol. The molecule has 3 aromatic rings. The maximum Gasteiger partial charge on any atom is 0.203 e. The third-order valence-electron chi connectivity index (χ3n) is 3.54. The molecule has 0 radical (unpaired) electrons. The molecule has 0 bridgehead atoms. The molecule has 2 heterocycles. The molecule has 0 saturated carbocycles. The van der Waals surface area contributed by atoms with Gasteiger partial charge in [0.1, 0.15) is 5.82 Å². The number of hydrogen-bond acceptors (Lipinski definition) is 5. The van der Waals surface area contributed by atoms with Crippen molar-refractivity contribution in [3.63, 3.8) is 0 Å². The van der Waals surface area contributed by atoms with Crippen LogP contribution < -0.4 is 14.2 Å². The number of nitrogens with one attached hydrogen (secondary N) is 1. The fraction of sp³-hybridized carbons (Fsp3) is 0.250. The Hall–Kier alpha value is -2.76. The highest BCUT2D eigenvalue weighted by Crippen LogP contribution is 2.40. The van der Waals surface area contributed by atoms with Crippen LogP contribution in [-0.4, -0.2) is 36.3 Å². The van der Waals surface area contributed by atoms with Gasteiger partial charge in [-0.1, -0.05) is 0 Å². The summed E-state index contributed by atoms with van der Waals surface area (Å²) in [5.41, 5.74) is 3.54. The number of ether oxygens (including phenoxy) is 3. The van der Waals surface area contributed by atoms with Crippen LogP contribution in [0.15, 0.2) is 24.4 Å². The Morgan fingerprint density at radius 2 is 1.68 bits per heavy atom. The van der Waals surface area contributed by atoms with Gasteiger partial charge in [0.15, 0.2) is 17.1 Å². The molecular formula is C16H17N3O3.